The SMILES string of the molecule is O=c1[nH]c2cc(CBr)ccc2nc1CC(F)(F)F. The largest absolute Gasteiger partial charge is 0.394 e. The Kier molecular flexibility index (Phi) is 3.43. The molecule has 96 valence electrons. The smallest absolute Gasteiger partial charge is 0.319 e. The van der Waals surface area contributed by atoms with Crippen LogP contribution in [0.4, 0.5) is 13.2 Å². The number of H-pyrrole nitrogens is 1. The Morgan fingerprint density at radius 3 is 2.67 bits per heavy atom. The zero-order valence-electron chi connectivity index (χ0n) is 9.01. The van der Waals surface area contributed by atoms with Crippen LogP contribution in [0.3, 0.4) is 0 Å². The first-order valence-electron chi connectivity index (χ1n) is 5.03. The van der Waals surface area contributed by atoms with Crippen LogP contribution < -0.4 is 5.56 Å². The molecule has 1 aromatic carbocycles. The van der Waals surface area contributed by atoms with E-state index < -0.39 is 23.9 Å². The van der Waals surface area contributed by atoms with E-state index in [-0.39, 0.29) is 0 Å². The fourth-order valence-corrected chi connectivity index (χ4v) is 1.91. The second kappa shape index (κ2) is 4.72. The van der Waals surface area contributed by atoms with E-state index in [9.17, 15) is 18.0 Å². The molecule has 1 N–H and O–H groups in total. The van der Waals surface area contributed by atoms with Crippen LogP contribution >= 0.6 is 15.9 Å². The molecule has 0 saturated heterocycles. The number of nitrogens with one attached hydrogen (secondary N) is 1. The van der Waals surface area contributed by atoms with Crippen molar-refractivity contribution in [1.29, 1.82) is 0 Å². The maximum atomic E-state index is 12.2. The molecule has 18 heavy (non-hydrogen) atoms. The van der Waals surface area contributed by atoms with Crippen molar-refractivity contribution in [3.63, 3.8) is 0 Å². The molecule has 1 heterocycles. The number of aromatic amines is 1. The molecule has 2 aromatic rings. The van der Waals surface area contributed by atoms with Gasteiger partial charge in [0, 0.05) is 5.33 Å². The van der Waals surface area contributed by atoms with E-state index in [0.717, 1.165) is 5.56 Å². The molecule has 0 bridgehead atoms. The minimum atomic E-state index is -4.44. The molecule has 0 atom stereocenters. The highest BCUT2D eigenvalue weighted by Gasteiger charge is 2.30. The minimum absolute atomic E-state index is 0.346. The number of hydrogen-bond acceptors (Lipinski definition) is 2. The lowest BCUT2D eigenvalue weighted by Gasteiger charge is -2.06. The molecule has 1 aromatic heterocycles. The maximum absolute atomic E-state index is 12.2. The lowest BCUT2D eigenvalue weighted by molar-refractivity contribution is -0.128. The van der Waals surface area contributed by atoms with Crippen molar-refractivity contribution >= 4 is 27.0 Å². The Morgan fingerprint density at radius 2 is 2.06 bits per heavy atom. The summed E-state index contributed by atoms with van der Waals surface area (Å²) in [5, 5.41) is 0.593. The molecule has 7 heteroatoms. The first kappa shape index (κ1) is 13.1. The third kappa shape index (κ3) is 2.90. The van der Waals surface area contributed by atoms with Crippen molar-refractivity contribution in [3.8, 4) is 0 Å². The van der Waals surface area contributed by atoms with E-state index >= 15 is 0 Å². The summed E-state index contributed by atoms with van der Waals surface area (Å²) in [6.45, 7) is 0. The quantitative estimate of drug-likeness (QED) is 0.865. The van der Waals surface area contributed by atoms with Crippen LogP contribution in [0.5, 0.6) is 0 Å². The van der Waals surface area contributed by atoms with Crippen LogP contribution in [0.2, 0.25) is 0 Å². The second-order valence-electron chi connectivity index (χ2n) is 3.79. The summed E-state index contributed by atoms with van der Waals surface area (Å²) < 4.78 is 36.7. The highest BCUT2D eigenvalue weighted by atomic mass is 79.9. The van der Waals surface area contributed by atoms with Gasteiger partial charge in [0.05, 0.1) is 17.5 Å². The van der Waals surface area contributed by atoms with Crippen molar-refractivity contribution < 1.29 is 13.2 Å². The molecule has 0 aliphatic rings. The van der Waals surface area contributed by atoms with Gasteiger partial charge >= 0.3 is 6.18 Å². The average Bonchev–Trinajstić information content (AvgIpc) is 2.27. The Labute approximate surface area is 108 Å². The van der Waals surface area contributed by atoms with Crippen molar-refractivity contribution in [3.05, 3.63) is 39.8 Å². The zero-order valence-corrected chi connectivity index (χ0v) is 10.6. The third-order valence-electron chi connectivity index (χ3n) is 2.35. The monoisotopic (exact) mass is 320 g/mol. The van der Waals surface area contributed by atoms with Crippen LogP contribution in [-0.4, -0.2) is 16.1 Å². The number of halogens is 4. The number of fused-ring (bicyclic) bond motifs is 1. The van der Waals surface area contributed by atoms with Crippen molar-refractivity contribution in [1.82, 2.24) is 9.97 Å². The van der Waals surface area contributed by atoms with Gasteiger partial charge in [-0.2, -0.15) is 13.2 Å². The van der Waals surface area contributed by atoms with E-state index in [1.165, 1.54) is 0 Å². The molecule has 0 aliphatic heterocycles. The molecule has 0 unspecified atom stereocenters. The highest BCUT2D eigenvalue weighted by Crippen LogP contribution is 2.20. The molecule has 0 radical (unpaired) electrons. The summed E-state index contributed by atoms with van der Waals surface area (Å²) >= 11 is 3.25. The first-order valence-corrected chi connectivity index (χ1v) is 6.16. The van der Waals surface area contributed by atoms with Crippen LogP contribution in [-0.2, 0) is 11.8 Å². The van der Waals surface area contributed by atoms with E-state index in [4.69, 9.17) is 0 Å². The number of rotatable bonds is 2. The maximum Gasteiger partial charge on any atom is 0.394 e. The standard InChI is InChI=1S/C11H8BrF3N2O/c12-5-6-1-2-7-8(3-6)17-10(18)9(16-7)4-11(13,14)15/h1-3H,4-5H2,(H,17,18). The average molecular weight is 321 g/mol. The van der Waals surface area contributed by atoms with Crippen LogP contribution in [0, 0.1) is 0 Å². The van der Waals surface area contributed by atoms with Gasteiger partial charge in [0.2, 0.25) is 0 Å². The van der Waals surface area contributed by atoms with Gasteiger partial charge < -0.3 is 4.98 Å². The van der Waals surface area contributed by atoms with Gasteiger partial charge in [-0.05, 0) is 17.7 Å². The molecular formula is C11H8BrF3N2O. The molecule has 2 rings (SSSR count). The Balaban J connectivity index is 2.53. The van der Waals surface area contributed by atoms with E-state index in [0.29, 0.717) is 16.4 Å². The van der Waals surface area contributed by atoms with Crippen molar-refractivity contribution in [2.75, 3.05) is 0 Å². The highest BCUT2D eigenvalue weighted by molar-refractivity contribution is 9.08. The molecule has 0 spiro atoms. The van der Waals surface area contributed by atoms with Crippen molar-refractivity contribution in [2.24, 2.45) is 0 Å². The summed E-state index contributed by atoms with van der Waals surface area (Å²) in [6.07, 6.45) is -5.76. The van der Waals surface area contributed by atoms with E-state index in [2.05, 4.69) is 25.9 Å². The number of benzene rings is 1. The van der Waals surface area contributed by atoms with Gasteiger partial charge in [0.25, 0.3) is 5.56 Å². The van der Waals surface area contributed by atoms with Gasteiger partial charge in [0.15, 0.2) is 0 Å². The van der Waals surface area contributed by atoms with E-state index in [1.807, 2.05) is 0 Å². The van der Waals surface area contributed by atoms with Crippen LogP contribution in [0.25, 0.3) is 11.0 Å². The predicted octanol–water partition coefficient (Wildman–Crippen LogP) is 2.92. The third-order valence-corrected chi connectivity index (χ3v) is 3.00. The van der Waals surface area contributed by atoms with Crippen LogP contribution in [0.1, 0.15) is 11.3 Å². The number of alkyl halides is 4. The lowest BCUT2D eigenvalue weighted by Crippen LogP contribution is -2.22. The number of aromatic nitrogens is 2. The summed E-state index contributed by atoms with van der Waals surface area (Å²) in [5.41, 5.74) is 0.373. The molecule has 3 nitrogen and oxygen atoms in total. The summed E-state index contributed by atoms with van der Waals surface area (Å²) in [4.78, 5) is 17.7. The zero-order chi connectivity index (χ0) is 13.3. The summed E-state index contributed by atoms with van der Waals surface area (Å²) in [7, 11) is 0. The number of hydrogen-bond donors (Lipinski definition) is 1. The molecule has 0 fully saturated rings. The van der Waals surface area contributed by atoms with Gasteiger partial charge in [-0.25, -0.2) is 4.98 Å². The minimum Gasteiger partial charge on any atom is -0.319 e. The van der Waals surface area contributed by atoms with Crippen LogP contribution in [0.15, 0.2) is 23.0 Å². The van der Waals surface area contributed by atoms with Crippen molar-refractivity contribution in [2.45, 2.75) is 17.9 Å². The molecule has 0 aliphatic carbocycles. The summed E-state index contributed by atoms with van der Waals surface area (Å²) in [6, 6.07) is 5.00. The topological polar surface area (TPSA) is 45.8 Å². The summed E-state index contributed by atoms with van der Waals surface area (Å²) in [5.74, 6) is 0. The molecule has 0 amide bonds. The fourth-order valence-electron chi connectivity index (χ4n) is 1.56. The van der Waals surface area contributed by atoms with Gasteiger partial charge in [-0.15, -0.1) is 0 Å². The Morgan fingerprint density at radius 1 is 1.33 bits per heavy atom. The molecular weight excluding hydrogens is 313 g/mol. The predicted molar refractivity (Wildman–Crippen MR) is 64.8 cm³/mol. The van der Waals surface area contributed by atoms with Gasteiger partial charge in [-0.3, -0.25) is 4.79 Å². The number of nitrogens with zero attached hydrogens (tertiary/aromatic N) is 1. The van der Waals surface area contributed by atoms with Gasteiger partial charge in [0.1, 0.15) is 5.69 Å². The lowest BCUT2D eigenvalue weighted by atomic mass is 10.2. The Hall–Kier alpha value is -1.37. The Bertz CT molecular complexity index is 636. The van der Waals surface area contributed by atoms with E-state index in [1.54, 1.807) is 18.2 Å². The fraction of sp³-hybridized carbons (Fsp3) is 0.273. The first-order chi connectivity index (χ1) is 8.39. The second-order valence-corrected chi connectivity index (χ2v) is 4.35. The van der Waals surface area contributed by atoms with Gasteiger partial charge in [-0.1, -0.05) is 22.0 Å². The molecule has 0 saturated carbocycles. The normalized spacial score (nSPS) is 12.0.